The summed E-state index contributed by atoms with van der Waals surface area (Å²) in [5.74, 6) is -2.22. The molecule has 0 aliphatic rings. The molecule has 0 aliphatic carbocycles. The summed E-state index contributed by atoms with van der Waals surface area (Å²) >= 11 is 0. The van der Waals surface area contributed by atoms with E-state index in [9.17, 15) is 27.2 Å². The van der Waals surface area contributed by atoms with E-state index >= 15 is 0 Å². The molecule has 0 radical (unpaired) electrons. The summed E-state index contributed by atoms with van der Waals surface area (Å²) in [6.45, 7) is 3.44. The minimum absolute atomic E-state index is 0.162. The third kappa shape index (κ3) is 4.87. The van der Waals surface area contributed by atoms with Crippen LogP contribution in [0.2, 0.25) is 0 Å². The molecule has 2 aromatic rings. The highest BCUT2D eigenvalue weighted by atomic mass is 19.4. The number of nitrogens with zero attached hydrogens (tertiary/aromatic N) is 2. The van der Waals surface area contributed by atoms with Gasteiger partial charge in [0.25, 0.3) is 11.5 Å². The van der Waals surface area contributed by atoms with Gasteiger partial charge in [-0.05, 0) is 23.6 Å². The van der Waals surface area contributed by atoms with Crippen molar-refractivity contribution in [2.75, 3.05) is 19.0 Å². The highest BCUT2D eigenvalue weighted by Gasteiger charge is 2.34. The van der Waals surface area contributed by atoms with E-state index in [1.54, 1.807) is 27.9 Å². The van der Waals surface area contributed by atoms with Crippen LogP contribution in [0.25, 0.3) is 0 Å². The second kappa shape index (κ2) is 7.99. The quantitative estimate of drug-likeness (QED) is 0.756. The maximum absolute atomic E-state index is 13.9. The van der Waals surface area contributed by atoms with E-state index in [2.05, 4.69) is 15.3 Å². The third-order valence-corrected chi connectivity index (χ3v) is 4.00. The number of amides is 1. The Hall–Kier alpha value is -2.91. The molecule has 0 spiro atoms. The molecule has 2 N–H and O–H groups in total. The first-order valence-corrected chi connectivity index (χ1v) is 8.36. The van der Waals surface area contributed by atoms with Crippen LogP contribution in [-0.4, -0.2) is 30.0 Å². The fourth-order valence-electron chi connectivity index (χ4n) is 2.58. The highest BCUT2D eigenvalue weighted by Crippen LogP contribution is 2.33. The number of anilines is 1. The molecule has 10 heteroatoms. The molecule has 0 bridgehead atoms. The number of alkyl halides is 3. The van der Waals surface area contributed by atoms with Crippen LogP contribution in [0.3, 0.4) is 0 Å². The molecule has 0 saturated carbocycles. The van der Waals surface area contributed by atoms with Crippen LogP contribution < -0.4 is 15.8 Å². The first-order valence-electron chi connectivity index (χ1n) is 8.36. The van der Waals surface area contributed by atoms with Crippen LogP contribution >= 0.6 is 0 Å². The number of hydrogen-bond acceptors (Lipinski definition) is 4. The van der Waals surface area contributed by atoms with Crippen molar-refractivity contribution < 1.29 is 22.4 Å². The molecular formula is C18H20F4N4O2. The van der Waals surface area contributed by atoms with E-state index < -0.39 is 35.1 Å². The summed E-state index contributed by atoms with van der Waals surface area (Å²) in [6.07, 6.45) is -4.81. The van der Waals surface area contributed by atoms with Gasteiger partial charge in [0.15, 0.2) is 0 Å². The number of halogens is 4. The Balaban J connectivity index is 2.35. The van der Waals surface area contributed by atoms with Gasteiger partial charge in [-0.25, -0.2) is 9.37 Å². The molecule has 2 rings (SSSR count). The normalized spacial score (nSPS) is 12.8. The van der Waals surface area contributed by atoms with Gasteiger partial charge in [-0.15, -0.1) is 0 Å². The number of rotatable bonds is 5. The van der Waals surface area contributed by atoms with Crippen LogP contribution in [0, 0.1) is 11.7 Å². The molecule has 152 valence electrons. The molecule has 1 aromatic heterocycles. The van der Waals surface area contributed by atoms with Crippen LogP contribution in [-0.2, 0) is 6.18 Å². The smallest absolute Gasteiger partial charge is 0.348 e. The van der Waals surface area contributed by atoms with Crippen molar-refractivity contribution in [3.63, 3.8) is 0 Å². The summed E-state index contributed by atoms with van der Waals surface area (Å²) in [7, 11) is 3.25. The molecule has 0 aliphatic heterocycles. The van der Waals surface area contributed by atoms with Gasteiger partial charge < -0.3 is 10.2 Å². The number of benzene rings is 1. The van der Waals surface area contributed by atoms with E-state index in [0.717, 1.165) is 18.2 Å². The fraction of sp³-hybridized carbons (Fsp3) is 0.389. The van der Waals surface area contributed by atoms with Crippen molar-refractivity contribution in [3.05, 3.63) is 57.3 Å². The van der Waals surface area contributed by atoms with Gasteiger partial charge in [-0.1, -0.05) is 19.9 Å². The minimum atomic E-state index is -4.81. The van der Waals surface area contributed by atoms with Crippen molar-refractivity contribution in [1.82, 2.24) is 15.3 Å². The monoisotopic (exact) mass is 400 g/mol. The van der Waals surface area contributed by atoms with Crippen molar-refractivity contribution in [2.45, 2.75) is 26.1 Å². The van der Waals surface area contributed by atoms with Gasteiger partial charge in [0.1, 0.15) is 11.5 Å². The summed E-state index contributed by atoms with van der Waals surface area (Å²) in [6, 6.07) is 2.74. The SMILES string of the molecule is CC(C)[C@@H](NC(=O)c1cc(=O)[nH]c(N(C)C)n1)c1ccc(C(F)(F)F)c(F)c1. The first kappa shape index (κ1) is 21.4. The molecule has 28 heavy (non-hydrogen) atoms. The molecule has 1 aromatic carbocycles. The lowest BCUT2D eigenvalue weighted by Crippen LogP contribution is -2.34. The number of carbonyl (C=O) groups is 1. The minimum Gasteiger partial charge on any atom is -0.348 e. The van der Waals surface area contributed by atoms with Gasteiger partial charge in [-0.3, -0.25) is 14.6 Å². The molecule has 0 unspecified atom stereocenters. The summed E-state index contributed by atoms with van der Waals surface area (Å²) in [4.78, 5) is 32.3. The Kier molecular flexibility index (Phi) is 6.10. The Morgan fingerprint density at radius 1 is 1.21 bits per heavy atom. The number of carbonyl (C=O) groups excluding carboxylic acids is 1. The largest absolute Gasteiger partial charge is 0.419 e. The summed E-state index contributed by atoms with van der Waals surface area (Å²) < 4.78 is 52.2. The van der Waals surface area contributed by atoms with Gasteiger partial charge in [-0.2, -0.15) is 13.2 Å². The van der Waals surface area contributed by atoms with Crippen LogP contribution in [0.1, 0.15) is 41.5 Å². The summed E-state index contributed by atoms with van der Waals surface area (Å²) in [5, 5.41) is 2.61. The van der Waals surface area contributed by atoms with E-state index in [1.165, 1.54) is 4.90 Å². The van der Waals surface area contributed by atoms with Gasteiger partial charge in [0, 0.05) is 20.2 Å². The Morgan fingerprint density at radius 3 is 2.36 bits per heavy atom. The first-order chi connectivity index (χ1) is 12.9. The van der Waals surface area contributed by atoms with E-state index in [-0.39, 0.29) is 23.1 Å². The Morgan fingerprint density at radius 2 is 1.86 bits per heavy atom. The number of aromatic amines is 1. The predicted octanol–water partition coefficient (Wildman–Crippen LogP) is 3.12. The second-order valence-corrected chi connectivity index (χ2v) is 6.78. The average molecular weight is 400 g/mol. The number of hydrogen-bond donors (Lipinski definition) is 2. The van der Waals surface area contributed by atoms with Crippen LogP contribution in [0.5, 0.6) is 0 Å². The van der Waals surface area contributed by atoms with E-state index in [1.807, 2.05) is 0 Å². The lowest BCUT2D eigenvalue weighted by atomic mass is 9.94. The van der Waals surface area contributed by atoms with Gasteiger partial charge in [0.2, 0.25) is 5.95 Å². The highest BCUT2D eigenvalue weighted by molar-refractivity contribution is 5.92. The number of nitrogens with one attached hydrogen (secondary N) is 2. The van der Waals surface area contributed by atoms with Gasteiger partial charge >= 0.3 is 6.18 Å². The zero-order valence-electron chi connectivity index (χ0n) is 15.7. The van der Waals surface area contributed by atoms with Crippen molar-refractivity contribution in [2.24, 2.45) is 5.92 Å². The lowest BCUT2D eigenvalue weighted by molar-refractivity contribution is -0.140. The maximum Gasteiger partial charge on any atom is 0.419 e. The molecule has 1 atom stereocenters. The van der Waals surface area contributed by atoms with E-state index in [0.29, 0.717) is 6.07 Å². The van der Waals surface area contributed by atoms with Crippen molar-refractivity contribution in [1.29, 1.82) is 0 Å². The molecule has 0 fully saturated rings. The molecule has 1 heterocycles. The molecular weight excluding hydrogens is 380 g/mol. The fourth-order valence-corrected chi connectivity index (χ4v) is 2.58. The standard InChI is InChI=1S/C18H20F4N4O2/c1-9(2)15(10-5-6-11(12(19)7-10)18(20,21)22)25-16(28)13-8-14(27)24-17(23-13)26(3)4/h5-9,15H,1-4H3,(H,25,28)(H,23,24,27)/t15-/m1/s1. The molecule has 1 amide bonds. The van der Waals surface area contributed by atoms with Crippen LogP contribution in [0.15, 0.2) is 29.1 Å². The van der Waals surface area contributed by atoms with Crippen LogP contribution in [0.4, 0.5) is 23.5 Å². The van der Waals surface area contributed by atoms with Gasteiger partial charge in [0.05, 0.1) is 11.6 Å². The van der Waals surface area contributed by atoms with Crippen molar-refractivity contribution in [3.8, 4) is 0 Å². The average Bonchev–Trinajstić information content (AvgIpc) is 2.57. The van der Waals surface area contributed by atoms with Crippen molar-refractivity contribution >= 4 is 11.9 Å². The Bertz CT molecular complexity index is 923. The number of aromatic nitrogens is 2. The maximum atomic E-state index is 13.9. The Labute approximate surface area is 158 Å². The number of H-pyrrole nitrogens is 1. The molecule has 0 saturated heterocycles. The van der Waals surface area contributed by atoms with E-state index in [4.69, 9.17) is 0 Å². The predicted molar refractivity (Wildman–Crippen MR) is 95.6 cm³/mol. The molecule has 6 nitrogen and oxygen atoms in total. The lowest BCUT2D eigenvalue weighted by Gasteiger charge is -2.23. The zero-order valence-corrected chi connectivity index (χ0v) is 15.7. The zero-order chi connectivity index (χ0) is 21.2. The third-order valence-electron chi connectivity index (χ3n) is 4.00. The second-order valence-electron chi connectivity index (χ2n) is 6.78. The topological polar surface area (TPSA) is 78.1 Å². The summed E-state index contributed by atoms with van der Waals surface area (Å²) in [5.41, 5.74) is -1.90.